The van der Waals surface area contributed by atoms with Crippen LogP contribution in [0.1, 0.15) is 5.56 Å². The lowest BCUT2D eigenvalue weighted by Gasteiger charge is -2.17. The van der Waals surface area contributed by atoms with Crippen LogP contribution >= 0.6 is 0 Å². The minimum atomic E-state index is 0.572. The Hall–Kier alpha value is -9.83. The highest BCUT2D eigenvalue weighted by atomic mass is 15.1. The molecule has 0 aliphatic rings. The molecule has 0 aliphatic heterocycles. The first-order valence-corrected chi connectivity index (χ1v) is 23.6. The van der Waals surface area contributed by atoms with Gasteiger partial charge in [0.1, 0.15) is 5.82 Å². The molecule has 0 unspecified atom stereocenters. The Morgan fingerprint density at radius 1 is 0.296 bits per heavy atom. The van der Waals surface area contributed by atoms with Crippen LogP contribution in [0.25, 0.3) is 118 Å². The van der Waals surface area contributed by atoms with Crippen molar-refractivity contribution in [2.24, 2.45) is 0 Å². The monoisotopic (exact) mass is 906 g/mol. The van der Waals surface area contributed by atoms with E-state index in [-0.39, 0.29) is 0 Å². The van der Waals surface area contributed by atoms with E-state index in [1.807, 2.05) is 78.9 Å². The van der Waals surface area contributed by atoms with Crippen molar-refractivity contribution >= 4 is 11.0 Å². The summed E-state index contributed by atoms with van der Waals surface area (Å²) in [5, 5.41) is 9.38. The van der Waals surface area contributed by atoms with E-state index in [9.17, 15) is 5.26 Å². The number of fused-ring (bicyclic) bond motifs is 1. The van der Waals surface area contributed by atoms with E-state index in [1.54, 1.807) is 0 Å². The van der Waals surface area contributed by atoms with E-state index in [2.05, 4.69) is 187 Å². The zero-order valence-corrected chi connectivity index (χ0v) is 38.4. The van der Waals surface area contributed by atoms with Crippen LogP contribution in [0.4, 0.5) is 0 Å². The van der Waals surface area contributed by atoms with Gasteiger partial charge in [0, 0.05) is 27.9 Å². The molecule has 2 aromatic heterocycles. The molecule has 0 saturated carbocycles. The maximum Gasteiger partial charge on any atom is 0.164 e. The second-order valence-corrected chi connectivity index (χ2v) is 17.4. The molecule has 2 heterocycles. The van der Waals surface area contributed by atoms with Crippen LogP contribution in [-0.2, 0) is 0 Å². The molecule has 12 aromatic rings. The van der Waals surface area contributed by atoms with Crippen molar-refractivity contribution in [3.63, 3.8) is 0 Å². The molecule has 6 heteroatoms. The van der Waals surface area contributed by atoms with Crippen LogP contribution in [-0.4, -0.2) is 24.5 Å². The first-order chi connectivity index (χ1) is 35.1. The number of nitriles is 1. The third-order valence-electron chi connectivity index (χ3n) is 12.9. The highest BCUT2D eigenvalue weighted by molar-refractivity contribution is 5.93. The fraction of sp³-hybridized carbons (Fsp3) is 0. The molecule has 0 fully saturated rings. The largest absolute Gasteiger partial charge is 0.292 e. The van der Waals surface area contributed by atoms with Crippen LogP contribution in [0.2, 0.25) is 0 Å². The van der Waals surface area contributed by atoms with E-state index >= 15 is 0 Å². The number of imidazole rings is 1. The lowest BCUT2D eigenvalue weighted by atomic mass is 9.89. The predicted octanol–water partition coefficient (Wildman–Crippen LogP) is 16.1. The molecule has 0 atom stereocenters. The zero-order chi connectivity index (χ0) is 47.5. The quantitative estimate of drug-likeness (QED) is 0.137. The summed E-state index contributed by atoms with van der Waals surface area (Å²) in [5.41, 5.74) is 18.2. The summed E-state index contributed by atoms with van der Waals surface area (Å²) in [7, 11) is 0. The first-order valence-electron chi connectivity index (χ1n) is 23.6. The molecule has 0 amide bonds. The van der Waals surface area contributed by atoms with Crippen molar-refractivity contribution in [3.8, 4) is 113 Å². The fourth-order valence-electron chi connectivity index (χ4n) is 9.45. The Morgan fingerprint density at radius 3 is 1.34 bits per heavy atom. The van der Waals surface area contributed by atoms with Crippen LogP contribution in [0, 0.1) is 11.3 Å². The molecule has 71 heavy (non-hydrogen) atoms. The Labute approximate surface area is 412 Å². The number of hydrogen-bond donors (Lipinski definition) is 0. The lowest BCUT2D eigenvalue weighted by Crippen LogP contribution is -2.00. The van der Waals surface area contributed by atoms with E-state index in [0.717, 1.165) is 94.9 Å². The number of nitrogens with zero attached hydrogens (tertiary/aromatic N) is 6. The number of para-hydroxylation sites is 2. The van der Waals surface area contributed by atoms with Gasteiger partial charge in [-0.25, -0.2) is 19.9 Å². The van der Waals surface area contributed by atoms with Crippen molar-refractivity contribution < 1.29 is 0 Å². The molecule has 332 valence electrons. The van der Waals surface area contributed by atoms with Gasteiger partial charge in [0.25, 0.3) is 0 Å². The van der Waals surface area contributed by atoms with Crippen molar-refractivity contribution in [2.75, 3.05) is 0 Å². The maximum atomic E-state index is 9.38. The van der Waals surface area contributed by atoms with Crippen molar-refractivity contribution in [2.45, 2.75) is 0 Å². The topological polar surface area (TPSA) is 80.3 Å². The van der Waals surface area contributed by atoms with Crippen LogP contribution in [0.15, 0.2) is 255 Å². The summed E-state index contributed by atoms with van der Waals surface area (Å²) in [6.07, 6.45) is 0. The van der Waals surface area contributed by atoms with E-state index in [1.165, 1.54) is 5.56 Å². The molecule has 0 saturated heterocycles. The Balaban J connectivity index is 0.932. The third-order valence-corrected chi connectivity index (χ3v) is 12.9. The first kappa shape index (κ1) is 42.5. The molecular weight excluding hydrogens is 865 g/mol. The van der Waals surface area contributed by atoms with Gasteiger partial charge in [0.05, 0.1) is 22.7 Å². The smallest absolute Gasteiger partial charge is 0.164 e. The Kier molecular flexibility index (Phi) is 11.2. The van der Waals surface area contributed by atoms with E-state index in [0.29, 0.717) is 23.0 Å². The lowest BCUT2D eigenvalue weighted by molar-refractivity contribution is 1.07. The molecule has 10 aromatic carbocycles. The van der Waals surface area contributed by atoms with Gasteiger partial charge in [-0.05, 0) is 110 Å². The zero-order valence-electron chi connectivity index (χ0n) is 38.4. The molecular formula is C65H42N6. The SMILES string of the molecule is N#Cc1ccc(-c2cccc(-c3nc(-c4ccccc4)nc(-c4cccc(-c5ccccc5-c5ccccc5-c5cccc(-n6c(-c7cccc(-c8ccccc8)c7)nc7ccccc76)c5)c4)n3)c2)cc1. The molecule has 6 nitrogen and oxygen atoms in total. The van der Waals surface area contributed by atoms with Gasteiger partial charge in [-0.15, -0.1) is 0 Å². The molecule has 0 bridgehead atoms. The van der Waals surface area contributed by atoms with Gasteiger partial charge in [0.15, 0.2) is 17.5 Å². The normalized spacial score (nSPS) is 11.1. The highest BCUT2D eigenvalue weighted by Gasteiger charge is 2.19. The average molecular weight is 907 g/mol. The molecule has 0 spiro atoms. The molecule has 0 aliphatic carbocycles. The van der Waals surface area contributed by atoms with Crippen molar-refractivity contribution in [3.05, 3.63) is 260 Å². The van der Waals surface area contributed by atoms with Crippen LogP contribution in [0.3, 0.4) is 0 Å². The van der Waals surface area contributed by atoms with Gasteiger partial charge in [-0.1, -0.05) is 200 Å². The Bertz CT molecular complexity index is 3940. The molecule has 12 rings (SSSR count). The van der Waals surface area contributed by atoms with Gasteiger partial charge in [-0.2, -0.15) is 5.26 Å². The summed E-state index contributed by atoms with van der Waals surface area (Å²) in [6.45, 7) is 0. The van der Waals surface area contributed by atoms with Gasteiger partial charge in [0.2, 0.25) is 0 Å². The van der Waals surface area contributed by atoms with Gasteiger partial charge < -0.3 is 0 Å². The number of aromatic nitrogens is 5. The standard InChI is InChI=1S/C65H42N6/c66-43-44-35-37-46(38-36-44)48-21-13-25-52(39-48)63-68-62(47-19-5-2-6-20-47)69-64(70-63)53-26-15-23-50(41-53)56-29-7-9-31-58(56)59-32-10-8-30-57(59)51-24-16-28-55(42-51)71-61-34-12-11-33-60(61)67-65(71)54-27-14-22-49(40-54)45-17-3-1-4-18-45/h1-42H. The summed E-state index contributed by atoms with van der Waals surface area (Å²) in [5.74, 6) is 2.63. The summed E-state index contributed by atoms with van der Waals surface area (Å²) in [4.78, 5) is 20.5. The number of rotatable bonds is 10. The van der Waals surface area contributed by atoms with Gasteiger partial charge in [-0.3, -0.25) is 4.57 Å². The summed E-state index contributed by atoms with van der Waals surface area (Å²) in [6, 6.07) is 90.1. The maximum absolute atomic E-state index is 9.38. The van der Waals surface area contributed by atoms with E-state index < -0.39 is 0 Å². The molecule has 0 radical (unpaired) electrons. The van der Waals surface area contributed by atoms with E-state index in [4.69, 9.17) is 19.9 Å². The number of benzene rings is 10. The third kappa shape index (κ3) is 8.46. The second-order valence-electron chi connectivity index (χ2n) is 17.4. The summed E-state index contributed by atoms with van der Waals surface area (Å²) >= 11 is 0. The van der Waals surface area contributed by atoms with Crippen molar-refractivity contribution in [1.82, 2.24) is 24.5 Å². The predicted molar refractivity (Wildman–Crippen MR) is 288 cm³/mol. The van der Waals surface area contributed by atoms with Crippen molar-refractivity contribution in [1.29, 1.82) is 5.26 Å². The minimum Gasteiger partial charge on any atom is -0.292 e. The average Bonchev–Trinajstić information content (AvgIpc) is 3.86. The number of hydrogen-bond acceptors (Lipinski definition) is 5. The van der Waals surface area contributed by atoms with Gasteiger partial charge >= 0.3 is 0 Å². The molecule has 0 N–H and O–H groups in total. The van der Waals surface area contributed by atoms with Crippen LogP contribution < -0.4 is 0 Å². The fourth-order valence-corrected chi connectivity index (χ4v) is 9.45. The minimum absolute atomic E-state index is 0.572. The van der Waals surface area contributed by atoms with Crippen LogP contribution in [0.5, 0.6) is 0 Å². The summed E-state index contributed by atoms with van der Waals surface area (Å²) < 4.78 is 2.28. The Morgan fingerprint density at radius 2 is 0.718 bits per heavy atom. The second kappa shape index (κ2) is 18.7. The highest BCUT2D eigenvalue weighted by Crippen LogP contribution is 2.41.